The number of likely N-dealkylation sites (tertiary alicyclic amines) is 1. The Labute approximate surface area is 126 Å². The summed E-state index contributed by atoms with van der Waals surface area (Å²) in [5.41, 5.74) is 0.785. The number of nitrogens with zero attached hydrogens (tertiary/aromatic N) is 1. The van der Waals surface area contributed by atoms with Gasteiger partial charge in [0.05, 0.1) is 12.2 Å². The van der Waals surface area contributed by atoms with E-state index in [2.05, 4.69) is 4.90 Å². The SMILES string of the molecule is COCC[C@@H]1CO[C@]2(CCN(Cc3ccccc3F)C2)C1. The number of hydrogen-bond acceptors (Lipinski definition) is 3. The van der Waals surface area contributed by atoms with Crippen molar-refractivity contribution >= 4 is 0 Å². The summed E-state index contributed by atoms with van der Waals surface area (Å²) < 4.78 is 25.0. The van der Waals surface area contributed by atoms with Gasteiger partial charge in [0, 0.05) is 38.9 Å². The third-order valence-corrected chi connectivity index (χ3v) is 4.76. The lowest BCUT2D eigenvalue weighted by atomic mass is 9.92. The zero-order chi connectivity index (χ0) is 14.7. The van der Waals surface area contributed by atoms with Gasteiger partial charge < -0.3 is 9.47 Å². The fraction of sp³-hybridized carbons (Fsp3) is 0.647. The lowest BCUT2D eigenvalue weighted by Crippen LogP contribution is -2.32. The average Bonchev–Trinajstić information content (AvgIpc) is 3.07. The van der Waals surface area contributed by atoms with Crippen molar-refractivity contribution in [3.63, 3.8) is 0 Å². The Balaban J connectivity index is 1.55. The molecular weight excluding hydrogens is 269 g/mol. The fourth-order valence-corrected chi connectivity index (χ4v) is 3.62. The van der Waals surface area contributed by atoms with Crippen LogP contribution in [0.15, 0.2) is 24.3 Å². The van der Waals surface area contributed by atoms with Gasteiger partial charge in [-0.2, -0.15) is 0 Å². The maximum absolute atomic E-state index is 13.7. The summed E-state index contributed by atoms with van der Waals surface area (Å²) >= 11 is 0. The molecule has 2 saturated heterocycles. The third kappa shape index (κ3) is 3.44. The first-order valence-electron chi connectivity index (χ1n) is 7.79. The van der Waals surface area contributed by atoms with E-state index in [1.165, 1.54) is 6.07 Å². The van der Waals surface area contributed by atoms with Crippen molar-refractivity contribution in [2.24, 2.45) is 5.92 Å². The van der Waals surface area contributed by atoms with Gasteiger partial charge in [-0.3, -0.25) is 4.90 Å². The second-order valence-electron chi connectivity index (χ2n) is 6.40. The molecule has 1 aromatic rings. The number of benzene rings is 1. The predicted molar refractivity (Wildman–Crippen MR) is 79.6 cm³/mol. The van der Waals surface area contributed by atoms with E-state index in [1.807, 2.05) is 12.1 Å². The van der Waals surface area contributed by atoms with Crippen LogP contribution >= 0.6 is 0 Å². The minimum atomic E-state index is -0.108. The summed E-state index contributed by atoms with van der Waals surface area (Å²) in [4.78, 5) is 2.32. The van der Waals surface area contributed by atoms with Gasteiger partial charge in [-0.05, 0) is 31.2 Å². The Bertz CT molecular complexity index is 482. The largest absolute Gasteiger partial charge is 0.385 e. The molecule has 0 amide bonds. The van der Waals surface area contributed by atoms with Gasteiger partial charge in [-0.25, -0.2) is 4.39 Å². The van der Waals surface area contributed by atoms with Crippen LogP contribution in [0.3, 0.4) is 0 Å². The molecule has 4 heteroatoms. The molecule has 0 unspecified atom stereocenters. The number of rotatable bonds is 5. The molecule has 0 aliphatic carbocycles. The molecule has 3 nitrogen and oxygen atoms in total. The Morgan fingerprint density at radius 1 is 1.43 bits per heavy atom. The molecule has 116 valence electrons. The highest BCUT2D eigenvalue weighted by Gasteiger charge is 2.45. The van der Waals surface area contributed by atoms with Crippen molar-refractivity contribution in [2.45, 2.75) is 31.4 Å². The van der Waals surface area contributed by atoms with Gasteiger partial charge in [0.2, 0.25) is 0 Å². The Morgan fingerprint density at radius 3 is 3.10 bits per heavy atom. The lowest BCUT2D eigenvalue weighted by Gasteiger charge is -2.23. The summed E-state index contributed by atoms with van der Waals surface area (Å²) in [6, 6.07) is 7.05. The molecule has 2 atom stereocenters. The third-order valence-electron chi connectivity index (χ3n) is 4.76. The van der Waals surface area contributed by atoms with Gasteiger partial charge in [0.1, 0.15) is 5.82 Å². The van der Waals surface area contributed by atoms with Gasteiger partial charge in [0.15, 0.2) is 0 Å². The van der Waals surface area contributed by atoms with Crippen LogP contribution in [0.5, 0.6) is 0 Å². The summed E-state index contributed by atoms with van der Waals surface area (Å²) in [5.74, 6) is 0.502. The molecule has 0 N–H and O–H groups in total. The summed E-state index contributed by atoms with van der Waals surface area (Å²) in [5, 5.41) is 0. The number of hydrogen-bond donors (Lipinski definition) is 0. The van der Waals surface area contributed by atoms with Gasteiger partial charge in [-0.15, -0.1) is 0 Å². The van der Waals surface area contributed by atoms with Crippen LogP contribution in [0.1, 0.15) is 24.8 Å². The minimum Gasteiger partial charge on any atom is -0.385 e. The Morgan fingerprint density at radius 2 is 2.29 bits per heavy atom. The first-order chi connectivity index (χ1) is 10.2. The second kappa shape index (κ2) is 6.42. The molecule has 3 rings (SSSR count). The fourth-order valence-electron chi connectivity index (χ4n) is 3.62. The van der Waals surface area contributed by atoms with E-state index < -0.39 is 0 Å². The summed E-state index contributed by atoms with van der Waals surface area (Å²) in [6.07, 6.45) is 3.25. The molecule has 2 heterocycles. The van der Waals surface area contributed by atoms with Crippen LogP contribution in [-0.4, -0.2) is 43.9 Å². The molecule has 1 aromatic carbocycles. The van der Waals surface area contributed by atoms with Crippen molar-refractivity contribution in [3.8, 4) is 0 Å². The molecule has 0 aromatic heterocycles. The Hall–Kier alpha value is -0.970. The van der Waals surface area contributed by atoms with Crippen LogP contribution in [-0.2, 0) is 16.0 Å². The van der Waals surface area contributed by atoms with Crippen molar-refractivity contribution in [3.05, 3.63) is 35.6 Å². The molecule has 2 aliphatic heterocycles. The van der Waals surface area contributed by atoms with Crippen LogP contribution in [0.25, 0.3) is 0 Å². The normalized spacial score (nSPS) is 29.5. The van der Waals surface area contributed by atoms with Crippen molar-refractivity contribution in [2.75, 3.05) is 33.4 Å². The summed E-state index contributed by atoms with van der Waals surface area (Å²) in [6.45, 7) is 4.25. The van der Waals surface area contributed by atoms with E-state index in [0.29, 0.717) is 12.5 Å². The van der Waals surface area contributed by atoms with Crippen molar-refractivity contribution in [1.29, 1.82) is 0 Å². The van der Waals surface area contributed by atoms with Gasteiger partial charge >= 0.3 is 0 Å². The standard InChI is InChI=1S/C17H24FNO2/c1-20-9-6-14-10-17(21-12-14)7-8-19(13-17)11-15-4-2-3-5-16(15)18/h2-5,14H,6-13H2,1H3/t14-,17+/m0/s1. The van der Waals surface area contributed by atoms with Gasteiger partial charge in [0.25, 0.3) is 0 Å². The predicted octanol–water partition coefficient (Wildman–Crippen LogP) is 2.84. The van der Waals surface area contributed by atoms with Gasteiger partial charge in [-0.1, -0.05) is 18.2 Å². The monoisotopic (exact) mass is 293 g/mol. The minimum absolute atomic E-state index is 0.00364. The smallest absolute Gasteiger partial charge is 0.127 e. The molecule has 0 radical (unpaired) electrons. The highest BCUT2D eigenvalue weighted by molar-refractivity contribution is 5.17. The second-order valence-corrected chi connectivity index (χ2v) is 6.40. The molecule has 0 bridgehead atoms. The highest BCUT2D eigenvalue weighted by Crippen LogP contribution is 2.39. The van der Waals surface area contributed by atoms with E-state index in [1.54, 1.807) is 13.2 Å². The van der Waals surface area contributed by atoms with E-state index in [9.17, 15) is 4.39 Å². The zero-order valence-corrected chi connectivity index (χ0v) is 12.7. The number of halogens is 1. The quantitative estimate of drug-likeness (QED) is 0.833. The molecule has 1 spiro atoms. The van der Waals surface area contributed by atoms with Crippen LogP contribution in [0.2, 0.25) is 0 Å². The topological polar surface area (TPSA) is 21.7 Å². The Kier molecular flexibility index (Phi) is 4.57. The van der Waals surface area contributed by atoms with Crippen LogP contribution in [0.4, 0.5) is 4.39 Å². The lowest BCUT2D eigenvalue weighted by molar-refractivity contribution is 0.0107. The number of methoxy groups -OCH3 is 1. The van der Waals surface area contributed by atoms with Crippen molar-refractivity contribution < 1.29 is 13.9 Å². The zero-order valence-electron chi connectivity index (χ0n) is 12.7. The van der Waals surface area contributed by atoms with E-state index >= 15 is 0 Å². The van der Waals surface area contributed by atoms with Crippen molar-refractivity contribution in [1.82, 2.24) is 4.90 Å². The first-order valence-corrected chi connectivity index (χ1v) is 7.79. The first kappa shape index (κ1) is 14.9. The van der Waals surface area contributed by atoms with Crippen LogP contribution < -0.4 is 0 Å². The van der Waals surface area contributed by atoms with E-state index in [4.69, 9.17) is 9.47 Å². The molecule has 21 heavy (non-hydrogen) atoms. The maximum Gasteiger partial charge on any atom is 0.127 e. The molecule has 2 aliphatic rings. The molecule has 2 fully saturated rings. The maximum atomic E-state index is 13.7. The van der Waals surface area contributed by atoms with Crippen LogP contribution in [0, 0.1) is 11.7 Å². The van der Waals surface area contributed by atoms with E-state index in [0.717, 1.165) is 51.1 Å². The average molecular weight is 293 g/mol. The molecular formula is C17H24FNO2. The highest BCUT2D eigenvalue weighted by atomic mass is 19.1. The molecule has 0 saturated carbocycles. The summed E-state index contributed by atoms with van der Waals surface area (Å²) in [7, 11) is 1.75. The number of ether oxygens (including phenoxy) is 2. The van der Waals surface area contributed by atoms with E-state index in [-0.39, 0.29) is 11.4 Å².